The van der Waals surface area contributed by atoms with Gasteiger partial charge in [0.15, 0.2) is 5.65 Å². The summed E-state index contributed by atoms with van der Waals surface area (Å²) in [6, 6.07) is 10.7. The smallest absolute Gasteiger partial charge is 0.153 e. The van der Waals surface area contributed by atoms with Crippen molar-refractivity contribution in [3.05, 3.63) is 65.9 Å². The average Bonchev–Trinajstić information content (AvgIpc) is 3.18. The van der Waals surface area contributed by atoms with Crippen LogP contribution in [0.15, 0.2) is 48.8 Å². The van der Waals surface area contributed by atoms with Gasteiger partial charge in [-0.25, -0.2) is 13.9 Å². The second kappa shape index (κ2) is 7.46. The van der Waals surface area contributed by atoms with E-state index in [9.17, 15) is 4.79 Å². The Morgan fingerprint density at radius 3 is 2.93 bits per heavy atom. The summed E-state index contributed by atoms with van der Waals surface area (Å²) in [5.74, 6) is 0.518. The fourth-order valence-electron chi connectivity index (χ4n) is 3.95. The van der Waals surface area contributed by atoms with Crippen LogP contribution in [-0.4, -0.2) is 63.5 Å². The van der Waals surface area contributed by atoms with Gasteiger partial charge >= 0.3 is 0 Å². The van der Waals surface area contributed by atoms with Crippen LogP contribution in [0.25, 0.3) is 16.6 Å². The van der Waals surface area contributed by atoms with E-state index < -0.39 is 0 Å². The number of nitrogens with zero attached hydrogens (tertiary/aromatic N) is 6. The summed E-state index contributed by atoms with van der Waals surface area (Å²) in [4.78, 5) is 24.1. The number of rotatable bonds is 4. The third-order valence-corrected chi connectivity index (χ3v) is 5.77. The Bertz CT molecular complexity index is 1240. The molecule has 1 aromatic carbocycles. The largest absolute Gasteiger partial charge is 0.352 e. The predicted octanol–water partition coefficient (Wildman–Crippen LogP) is 2.33. The van der Waals surface area contributed by atoms with Crippen molar-refractivity contribution in [3.63, 3.8) is 0 Å². The molecule has 8 heteroatoms. The van der Waals surface area contributed by atoms with E-state index in [0.717, 1.165) is 30.9 Å². The lowest BCUT2D eigenvalue weighted by molar-refractivity contribution is -0.112. The minimum absolute atomic E-state index is 0.154. The highest BCUT2D eigenvalue weighted by atomic mass is 19.1. The monoisotopic (exact) mass is 404 g/mol. The first-order valence-electron chi connectivity index (χ1n) is 9.90. The molecule has 3 aromatic heterocycles. The molecule has 0 bridgehead atoms. The molecule has 4 heterocycles. The summed E-state index contributed by atoms with van der Waals surface area (Å²) < 4.78 is 16.8. The summed E-state index contributed by atoms with van der Waals surface area (Å²) in [6.45, 7) is 2.17. The van der Waals surface area contributed by atoms with Crippen LogP contribution in [-0.2, 0) is 11.2 Å². The molecule has 1 aliphatic rings. The Balaban J connectivity index is 1.48. The standard InChI is InChI=1S/C22H21FN6O/c1-27-9-10-28(13-17(27)14-30)21-7-6-20-25-12-16(29(20)26-21)11-15-4-5-19-18(22(15)23)3-2-8-24-19/h2-8,12,14,17H,9-11,13H2,1H3. The molecular formula is C22H21FN6O. The molecule has 0 saturated carbocycles. The molecule has 1 fully saturated rings. The number of aldehydes is 1. The third kappa shape index (κ3) is 3.19. The van der Waals surface area contributed by atoms with Crippen LogP contribution in [0, 0.1) is 5.82 Å². The lowest BCUT2D eigenvalue weighted by Gasteiger charge is -2.37. The first-order chi connectivity index (χ1) is 14.6. The molecule has 0 aliphatic carbocycles. The molecule has 0 radical (unpaired) electrons. The zero-order valence-electron chi connectivity index (χ0n) is 16.6. The Hall–Kier alpha value is -3.39. The Labute approximate surface area is 172 Å². The molecule has 5 rings (SSSR count). The fraction of sp³-hybridized carbons (Fsp3) is 0.273. The van der Waals surface area contributed by atoms with E-state index in [-0.39, 0.29) is 11.9 Å². The Morgan fingerprint density at radius 2 is 2.07 bits per heavy atom. The molecule has 4 aromatic rings. The molecule has 152 valence electrons. The van der Waals surface area contributed by atoms with Gasteiger partial charge in [0.05, 0.1) is 23.4 Å². The normalized spacial score (nSPS) is 17.7. The Morgan fingerprint density at radius 1 is 1.17 bits per heavy atom. The highest BCUT2D eigenvalue weighted by Gasteiger charge is 2.25. The molecule has 1 saturated heterocycles. The van der Waals surface area contributed by atoms with Gasteiger partial charge < -0.3 is 9.69 Å². The van der Waals surface area contributed by atoms with Gasteiger partial charge in [-0.15, -0.1) is 5.10 Å². The van der Waals surface area contributed by atoms with Crippen molar-refractivity contribution >= 4 is 28.7 Å². The minimum atomic E-state index is -0.264. The van der Waals surface area contributed by atoms with Gasteiger partial charge in [-0.05, 0) is 42.9 Å². The molecule has 30 heavy (non-hydrogen) atoms. The maximum Gasteiger partial charge on any atom is 0.153 e. The van der Waals surface area contributed by atoms with Gasteiger partial charge in [0, 0.05) is 37.6 Å². The van der Waals surface area contributed by atoms with E-state index >= 15 is 4.39 Å². The zero-order valence-corrected chi connectivity index (χ0v) is 16.6. The van der Waals surface area contributed by atoms with Crippen LogP contribution >= 0.6 is 0 Å². The second-order valence-electron chi connectivity index (χ2n) is 7.63. The molecule has 1 aliphatic heterocycles. The summed E-state index contributed by atoms with van der Waals surface area (Å²) in [5, 5.41) is 5.26. The number of hydrogen-bond donors (Lipinski definition) is 0. The van der Waals surface area contributed by atoms with Crippen LogP contribution in [0.2, 0.25) is 0 Å². The number of carbonyl (C=O) groups is 1. The van der Waals surface area contributed by atoms with Crippen molar-refractivity contribution in [1.29, 1.82) is 0 Å². The van der Waals surface area contributed by atoms with Crippen molar-refractivity contribution in [3.8, 4) is 0 Å². The van der Waals surface area contributed by atoms with Crippen LogP contribution in [0.5, 0.6) is 0 Å². The lowest BCUT2D eigenvalue weighted by atomic mass is 10.1. The van der Waals surface area contributed by atoms with Crippen LogP contribution < -0.4 is 4.90 Å². The summed E-state index contributed by atoms with van der Waals surface area (Å²) >= 11 is 0. The van der Waals surface area contributed by atoms with E-state index in [1.165, 1.54) is 0 Å². The quantitative estimate of drug-likeness (QED) is 0.487. The second-order valence-corrected chi connectivity index (χ2v) is 7.63. The van der Waals surface area contributed by atoms with Gasteiger partial charge in [0.1, 0.15) is 17.9 Å². The van der Waals surface area contributed by atoms with E-state index in [0.29, 0.717) is 35.1 Å². The van der Waals surface area contributed by atoms with E-state index in [2.05, 4.69) is 14.9 Å². The molecule has 1 atom stereocenters. The average molecular weight is 404 g/mol. The van der Waals surface area contributed by atoms with E-state index in [4.69, 9.17) is 5.10 Å². The van der Waals surface area contributed by atoms with E-state index in [1.54, 1.807) is 35.1 Å². The van der Waals surface area contributed by atoms with Crippen molar-refractivity contribution in [2.24, 2.45) is 0 Å². The number of piperazine rings is 1. The fourth-order valence-corrected chi connectivity index (χ4v) is 3.95. The van der Waals surface area contributed by atoms with Gasteiger partial charge in [0.2, 0.25) is 0 Å². The van der Waals surface area contributed by atoms with Crippen molar-refractivity contribution in [1.82, 2.24) is 24.5 Å². The minimum Gasteiger partial charge on any atom is -0.352 e. The molecule has 1 unspecified atom stereocenters. The number of benzene rings is 1. The number of imidazole rings is 1. The maximum absolute atomic E-state index is 15.0. The SMILES string of the molecule is CN1CCN(c2ccc3ncc(Cc4ccc5ncccc5c4F)n3n2)CC1C=O. The van der Waals surface area contributed by atoms with Gasteiger partial charge in [0.25, 0.3) is 0 Å². The van der Waals surface area contributed by atoms with Crippen LogP contribution in [0.4, 0.5) is 10.2 Å². The first kappa shape index (κ1) is 18.6. The van der Waals surface area contributed by atoms with E-state index in [1.807, 2.05) is 30.1 Å². The van der Waals surface area contributed by atoms with Crippen molar-refractivity contribution in [2.75, 3.05) is 31.6 Å². The topological polar surface area (TPSA) is 66.6 Å². The summed E-state index contributed by atoms with van der Waals surface area (Å²) in [7, 11) is 1.95. The highest BCUT2D eigenvalue weighted by Crippen LogP contribution is 2.23. The molecule has 0 amide bonds. The van der Waals surface area contributed by atoms with Gasteiger partial charge in [-0.2, -0.15) is 0 Å². The van der Waals surface area contributed by atoms with Crippen molar-refractivity contribution < 1.29 is 9.18 Å². The molecular weight excluding hydrogens is 383 g/mol. The summed E-state index contributed by atoms with van der Waals surface area (Å²) in [5.41, 5.74) is 2.72. The molecule has 7 nitrogen and oxygen atoms in total. The summed E-state index contributed by atoms with van der Waals surface area (Å²) in [6.07, 6.45) is 4.74. The van der Waals surface area contributed by atoms with Gasteiger partial charge in [-0.1, -0.05) is 6.07 Å². The highest BCUT2D eigenvalue weighted by molar-refractivity contribution is 5.79. The van der Waals surface area contributed by atoms with Crippen LogP contribution in [0.3, 0.4) is 0 Å². The number of aromatic nitrogens is 4. The molecule has 0 spiro atoms. The zero-order chi connectivity index (χ0) is 20.7. The number of anilines is 1. The molecule has 0 N–H and O–H groups in total. The Kier molecular flexibility index (Phi) is 4.63. The number of hydrogen-bond acceptors (Lipinski definition) is 6. The van der Waals surface area contributed by atoms with Crippen molar-refractivity contribution in [2.45, 2.75) is 12.5 Å². The number of halogens is 1. The predicted molar refractivity (Wildman–Crippen MR) is 112 cm³/mol. The maximum atomic E-state index is 15.0. The third-order valence-electron chi connectivity index (χ3n) is 5.77. The van der Waals surface area contributed by atoms with Gasteiger partial charge in [-0.3, -0.25) is 9.88 Å². The number of likely N-dealkylation sites (N-methyl/N-ethyl adjacent to an activating group) is 1. The lowest BCUT2D eigenvalue weighted by Crippen LogP contribution is -2.52. The number of carbonyl (C=O) groups excluding carboxylic acids is 1. The number of pyridine rings is 1. The first-order valence-corrected chi connectivity index (χ1v) is 9.90. The number of fused-ring (bicyclic) bond motifs is 2. The van der Waals surface area contributed by atoms with Crippen LogP contribution in [0.1, 0.15) is 11.3 Å².